The first-order chi connectivity index (χ1) is 22.4. The number of carbonyl (C=O) groups excluding carboxylic acids is 1. The van der Waals surface area contributed by atoms with Gasteiger partial charge in [-0.2, -0.15) is 5.10 Å². The zero-order valence-electron chi connectivity index (χ0n) is 25.2. The smallest absolute Gasteiger partial charge is 0.307 e. The number of nitrogens with zero attached hydrogens (tertiary/aromatic N) is 3. The first-order valence-electron chi connectivity index (χ1n) is 14.5. The van der Waals surface area contributed by atoms with Crippen molar-refractivity contribution < 1.29 is 23.6 Å². The molecule has 230 valence electrons. The van der Waals surface area contributed by atoms with E-state index in [2.05, 4.69) is 41.1 Å². The van der Waals surface area contributed by atoms with E-state index in [0.717, 1.165) is 33.4 Å². The summed E-state index contributed by atoms with van der Waals surface area (Å²) in [6.07, 6.45) is 1.30. The second-order valence-electron chi connectivity index (χ2n) is 10.6. The lowest BCUT2D eigenvalue weighted by Gasteiger charge is -2.11. The molecule has 0 spiro atoms. The molecule has 46 heavy (non-hydrogen) atoms. The fourth-order valence-electron chi connectivity index (χ4n) is 5.17. The van der Waals surface area contributed by atoms with Crippen LogP contribution in [0, 0.1) is 24.0 Å². The molecule has 0 bridgehead atoms. The molecule has 0 aliphatic heterocycles. The van der Waals surface area contributed by atoms with Gasteiger partial charge in [0.25, 0.3) is 5.69 Å². The number of non-ortho nitro benzene ring substituents is 1. The number of nitrogens with one attached hydrogen (secondary N) is 1. The first kappa shape index (κ1) is 29.9. The monoisotopic (exact) mass is 614 g/mol. The van der Waals surface area contributed by atoms with Gasteiger partial charge in [-0.1, -0.05) is 42.5 Å². The van der Waals surface area contributed by atoms with Gasteiger partial charge in [0.05, 0.1) is 11.1 Å². The number of hydrogen-bond donors (Lipinski definition) is 1. The molecule has 0 saturated carbocycles. The Hall–Kier alpha value is -6.16. The molecule has 0 atom stereocenters. The fourth-order valence-corrected chi connectivity index (χ4v) is 5.17. The lowest BCUT2D eigenvalue weighted by Crippen LogP contribution is -2.17. The molecule has 1 N–H and O–H groups in total. The van der Waals surface area contributed by atoms with Crippen molar-refractivity contribution >= 4 is 28.6 Å². The third-order valence-electron chi connectivity index (χ3n) is 7.47. The first-order valence-corrected chi connectivity index (χ1v) is 14.5. The van der Waals surface area contributed by atoms with Gasteiger partial charge in [0.15, 0.2) is 5.76 Å². The van der Waals surface area contributed by atoms with E-state index in [9.17, 15) is 14.9 Å². The maximum absolute atomic E-state index is 12.7. The minimum atomic E-state index is -0.590. The third kappa shape index (κ3) is 6.66. The average Bonchev–Trinajstić information content (AvgIpc) is 3.69. The Bertz CT molecular complexity index is 2030. The quantitative estimate of drug-likeness (QED) is 0.0908. The van der Waals surface area contributed by atoms with Crippen LogP contribution in [0.25, 0.3) is 16.5 Å². The van der Waals surface area contributed by atoms with Gasteiger partial charge in [0.1, 0.15) is 30.5 Å². The number of rotatable bonds is 11. The summed E-state index contributed by atoms with van der Waals surface area (Å²) in [7, 11) is 0. The van der Waals surface area contributed by atoms with Crippen molar-refractivity contribution in [2.45, 2.75) is 27.1 Å². The molecule has 0 aliphatic carbocycles. The zero-order valence-corrected chi connectivity index (χ0v) is 25.2. The van der Waals surface area contributed by atoms with Crippen LogP contribution in [0.15, 0.2) is 119 Å². The molecule has 0 radical (unpaired) electrons. The second-order valence-corrected chi connectivity index (χ2v) is 10.6. The van der Waals surface area contributed by atoms with Crippen LogP contribution in [0.2, 0.25) is 0 Å². The van der Waals surface area contributed by atoms with Gasteiger partial charge in [-0.25, -0.2) is 5.43 Å². The van der Waals surface area contributed by atoms with Crippen LogP contribution in [0.4, 0.5) is 5.69 Å². The van der Waals surface area contributed by atoms with Gasteiger partial charge in [-0.05, 0) is 84.8 Å². The van der Waals surface area contributed by atoms with Crippen LogP contribution in [-0.2, 0) is 13.2 Å². The van der Waals surface area contributed by atoms with E-state index < -0.39 is 10.8 Å². The van der Waals surface area contributed by atoms with Crippen molar-refractivity contribution in [2.24, 2.45) is 5.10 Å². The summed E-state index contributed by atoms with van der Waals surface area (Å²) in [5.74, 6) is 0.941. The number of benzene rings is 4. The molecule has 2 heterocycles. The van der Waals surface area contributed by atoms with Crippen molar-refractivity contribution in [3.63, 3.8) is 0 Å². The number of nitro groups is 1. The summed E-state index contributed by atoms with van der Waals surface area (Å²) < 4.78 is 19.7. The van der Waals surface area contributed by atoms with Gasteiger partial charge in [0.2, 0.25) is 0 Å². The summed E-state index contributed by atoms with van der Waals surface area (Å²) in [6, 6.07) is 33.2. The van der Waals surface area contributed by atoms with Gasteiger partial charge in [-0.15, -0.1) is 0 Å². The number of hydrogen-bond acceptors (Lipinski definition) is 7. The number of aryl methyl sites for hydroxylation is 2. The lowest BCUT2D eigenvalue weighted by molar-refractivity contribution is -0.384. The minimum Gasteiger partial charge on any atom is -0.488 e. The fraction of sp³-hybridized carbons (Fsp3) is 0.111. The number of ether oxygens (including phenoxy) is 2. The predicted octanol–water partition coefficient (Wildman–Crippen LogP) is 7.67. The van der Waals surface area contributed by atoms with Crippen molar-refractivity contribution in [3.05, 3.63) is 153 Å². The van der Waals surface area contributed by atoms with E-state index in [1.54, 1.807) is 6.07 Å². The molecule has 0 aliphatic rings. The Morgan fingerprint density at radius 2 is 1.65 bits per heavy atom. The van der Waals surface area contributed by atoms with Crippen LogP contribution in [0.1, 0.15) is 38.8 Å². The Morgan fingerprint density at radius 3 is 2.43 bits per heavy atom. The summed E-state index contributed by atoms with van der Waals surface area (Å²) in [5, 5.41) is 17.6. The normalized spacial score (nSPS) is 11.2. The standard InChI is InChI=1S/C36H30N4O6/c1-24-10-11-25(2)39(24)29-12-15-31(16-13-29)44-23-32-17-19-35(46-32)36(41)38-37-21-28-20-30(40(42)43)14-18-34(28)45-22-27-8-5-7-26-6-3-4-9-33(26)27/h3-21H,22-23H2,1-2H3,(H,38,41)/b37-21+. The van der Waals surface area contributed by atoms with Gasteiger partial charge in [0, 0.05) is 34.8 Å². The van der Waals surface area contributed by atoms with E-state index in [1.807, 2.05) is 66.7 Å². The molecular weight excluding hydrogens is 584 g/mol. The molecule has 4 aromatic carbocycles. The van der Waals surface area contributed by atoms with E-state index in [1.165, 1.54) is 30.5 Å². The Morgan fingerprint density at radius 1 is 0.891 bits per heavy atom. The molecule has 0 unspecified atom stereocenters. The summed E-state index contributed by atoms with van der Waals surface area (Å²) in [4.78, 5) is 23.6. The zero-order chi connectivity index (χ0) is 32.0. The lowest BCUT2D eigenvalue weighted by atomic mass is 10.1. The molecule has 2 aromatic heterocycles. The number of hydrazone groups is 1. The van der Waals surface area contributed by atoms with E-state index in [4.69, 9.17) is 13.9 Å². The maximum Gasteiger partial charge on any atom is 0.307 e. The molecule has 1 amide bonds. The van der Waals surface area contributed by atoms with Crippen LogP contribution in [0.3, 0.4) is 0 Å². The number of furan rings is 1. The highest BCUT2D eigenvalue weighted by atomic mass is 16.6. The van der Waals surface area contributed by atoms with Gasteiger partial charge >= 0.3 is 5.91 Å². The van der Waals surface area contributed by atoms with Crippen LogP contribution in [0.5, 0.6) is 11.5 Å². The average molecular weight is 615 g/mol. The maximum atomic E-state index is 12.7. The van der Waals surface area contributed by atoms with Gasteiger partial charge in [-0.3, -0.25) is 14.9 Å². The highest BCUT2D eigenvalue weighted by molar-refractivity contribution is 5.93. The van der Waals surface area contributed by atoms with Crippen LogP contribution in [-0.4, -0.2) is 21.6 Å². The number of carbonyl (C=O) groups is 1. The molecule has 6 rings (SSSR count). The molecule has 10 heteroatoms. The van der Waals surface area contributed by atoms with Crippen molar-refractivity contribution in [1.29, 1.82) is 0 Å². The highest BCUT2D eigenvalue weighted by Gasteiger charge is 2.14. The number of aromatic nitrogens is 1. The Balaban J connectivity index is 1.08. The largest absolute Gasteiger partial charge is 0.488 e. The topological polar surface area (TPSA) is 121 Å². The van der Waals surface area contributed by atoms with Crippen molar-refractivity contribution in [2.75, 3.05) is 0 Å². The number of amides is 1. The molecule has 0 fully saturated rings. The summed E-state index contributed by atoms with van der Waals surface area (Å²) in [5.41, 5.74) is 6.90. The number of fused-ring (bicyclic) bond motifs is 1. The Kier molecular flexibility index (Phi) is 8.60. The van der Waals surface area contributed by atoms with Gasteiger partial charge < -0.3 is 18.5 Å². The van der Waals surface area contributed by atoms with E-state index in [-0.39, 0.29) is 24.7 Å². The highest BCUT2D eigenvalue weighted by Crippen LogP contribution is 2.26. The minimum absolute atomic E-state index is 0.0381. The van der Waals surface area contributed by atoms with Crippen LogP contribution < -0.4 is 14.9 Å². The second kappa shape index (κ2) is 13.2. The summed E-state index contributed by atoms with van der Waals surface area (Å²) in [6.45, 7) is 4.48. The molecule has 0 saturated heterocycles. The van der Waals surface area contributed by atoms with Crippen molar-refractivity contribution in [1.82, 2.24) is 9.99 Å². The number of nitro benzene ring substituents is 1. The predicted molar refractivity (Wildman–Crippen MR) is 175 cm³/mol. The SMILES string of the molecule is Cc1ccc(C)n1-c1ccc(OCc2ccc(C(=O)N/N=C/c3cc([N+](=O)[O-])ccc3OCc3cccc4ccccc34)o2)cc1. The van der Waals surface area contributed by atoms with Crippen molar-refractivity contribution in [3.8, 4) is 17.2 Å². The third-order valence-corrected chi connectivity index (χ3v) is 7.47. The summed E-state index contributed by atoms with van der Waals surface area (Å²) >= 11 is 0. The molecular formula is C36H30N4O6. The molecule has 6 aromatic rings. The van der Waals surface area contributed by atoms with Crippen LogP contribution >= 0.6 is 0 Å². The molecule has 10 nitrogen and oxygen atoms in total. The van der Waals surface area contributed by atoms with E-state index in [0.29, 0.717) is 22.8 Å². The Labute approximate surface area is 264 Å². The van der Waals surface area contributed by atoms with E-state index >= 15 is 0 Å².